The first-order chi connectivity index (χ1) is 6.34. The van der Waals surface area contributed by atoms with Crippen molar-refractivity contribution in [1.82, 2.24) is 0 Å². The molecule has 1 rings (SSSR count). The van der Waals surface area contributed by atoms with Gasteiger partial charge < -0.3 is 10.4 Å². The lowest BCUT2D eigenvalue weighted by Crippen LogP contribution is -2.00. The number of hydrogen-bond acceptors (Lipinski definition) is 2. The van der Waals surface area contributed by atoms with Crippen molar-refractivity contribution in [2.45, 2.75) is 6.92 Å². The van der Waals surface area contributed by atoms with E-state index in [1.165, 1.54) is 5.56 Å². The fraction of sp³-hybridized carbons (Fsp3) is 0.273. The van der Waals surface area contributed by atoms with Crippen molar-refractivity contribution < 1.29 is 5.11 Å². The first-order valence-electron chi connectivity index (χ1n) is 4.20. The molecule has 0 aliphatic rings. The van der Waals surface area contributed by atoms with Gasteiger partial charge in [0.2, 0.25) is 0 Å². The molecule has 2 heteroatoms. The van der Waals surface area contributed by atoms with Crippen molar-refractivity contribution in [3.63, 3.8) is 0 Å². The Hall–Kier alpha value is -1.46. The number of aryl methyl sites for hydroxylation is 1. The average Bonchev–Trinajstić information content (AvgIpc) is 2.15. The first-order valence-corrected chi connectivity index (χ1v) is 4.20. The summed E-state index contributed by atoms with van der Waals surface area (Å²) in [6.07, 6.45) is 0. The SMILES string of the molecule is Cc1ccccc1NCC#CCO. The van der Waals surface area contributed by atoms with E-state index in [1.807, 2.05) is 31.2 Å². The van der Waals surface area contributed by atoms with E-state index in [0.29, 0.717) is 6.54 Å². The van der Waals surface area contributed by atoms with E-state index in [2.05, 4.69) is 17.2 Å². The normalized spacial score (nSPS) is 8.77. The van der Waals surface area contributed by atoms with Crippen LogP contribution >= 0.6 is 0 Å². The molecule has 0 aliphatic heterocycles. The van der Waals surface area contributed by atoms with Crippen LogP contribution in [-0.4, -0.2) is 18.3 Å². The molecule has 0 aromatic heterocycles. The van der Waals surface area contributed by atoms with Crippen LogP contribution in [0.15, 0.2) is 24.3 Å². The zero-order valence-electron chi connectivity index (χ0n) is 7.67. The monoisotopic (exact) mass is 175 g/mol. The van der Waals surface area contributed by atoms with Gasteiger partial charge in [0.05, 0.1) is 6.54 Å². The predicted octanol–water partition coefficient (Wildman–Crippen LogP) is 1.40. The molecule has 0 fully saturated rings. The van der Waals surface area contributed by atoms with Crippen LogP contribution in [-0.2, 0) is 0 Å². The zero-order valence-corrected chi connectivity index (χ0v) is 7.67. The summed E-state index contributed by atoms with van der Waals surface area (Å²) in [5, 5.41) is 11.6. The number of aliphatic hydroxyl groups excluding tert-OH is 1. The molecule has 0 saturated carbocycles. The molecule has 0 unspecified atom stereocenters. The second-order valence-electron chi connectivity index (χ2n) is 2.68. The highest BCUT2D eigenvalue weighted by atomic mass is 16.2. The van der Waals surface area contributed by atoms with Crippen LogP contribution in [0.2, 0.25) is 0 Å². The van der Waals surface area contributed by atoms with Crippen LogP contribution in [0.1, 0.15) is 5.56 Å². The molecule has 2 N–H and O–H groups in total. The predicted molar refractivity (Wildman–Crippen MR) is 54.5 cm³/mol. The Morgan fingerprint density at radius 1 is 1.31 bits per heavy atom. The van der Waals surface area contributed by atoms with Crippen LogP contribution in [0, 0.1) is 18.8 Å². The molecule has 13 heavy (non-hydrogen) atoms. The summed E-state index contributed by atoms with van der Waals surface area (Å²) in [6.45, 7) is 2.54. The first kappa shape index (κ1) is 9.63. The van der Waals surface area contributed by atoms with Crippen LogP contribution < -0.4 is 5.32 Å². The number of nitrogens with one attached hydrogen (secondary N) is 1. The minimum Gasteiger partial charge on any atom is -0.384 e. The number of benzene rings is 1. The second kappa shape index (κ2) is 5.23. The van der Waals surface area contributed by atoms with Gasteiger partial charge in [0.15, 0.2) is 0 Å². The molecule has 0 amide bonds. The molecule has 0 heterocycles. The highest BCUT2D eigenvalue weighted by Crippen LogP contribution is 2.11. The van der Waals surface area contributed by atoms with Crippen molar-refractivity contribution >= 4 is 5.69 Å². The summed E-state index contributed by atoms with van der Waals surface area (Å²) in [5.74, 6) is 5.38. The van der Waals surface area contributed by atoms with Crippen molar-refractivity contribution in [2.75, 3.05) is 18.5 Å². The zero-order chi connectivity index (χ0) is 9.52. The fourth-order valence-corrected chi connectivity index (χ4v) is 1.03. The molecule has 2 nitrogen and oxygen atoms in total. The van der Waals surface area contributed by atoms with Crippen LogP contribution in [0.5, 0.6) is 0 Å². The number of rotatable bonds is 2. The highest BCUT2D eigenvalue weighted by Gasteiger charge is 1.91. The standard InChI is InChI=1S/C11H13NO/c1-10-6-2-3-7-11(10)12-8-4-5-9-13/h2-3,6-7,12-13H,8-9H2,1H3. The van der Waals surface area contributed by atoms with E-state index in [4.69, 9.17) is 5.11 Å². The Balaban J connectivity index is 2.50. The van der Waals surface area contributed by atoms with Gasteiger partial charge in [0, 0.05) is 5.69 Å². The van der Waals surface area contributed by atoms with E-state index in [-0.39, 0.29) is 6.61 Å². The molecule has 0 aliphatic carbocycles. The van der Waals surface area contributed by atoms with Gasteiger partial charge >= 0.3 is 0 Å². The molecule has 68 valence electrons. The van der Waals surface area contributed by atoms with Gasteiger partial charge in [-0.1, -0.05) is 30.0 Å². The summed E-state index contributed by atoms with van der Waals surface area (Å²) >= 11 is 0. The third kappa shape index (κ3) is 3.18. The number of hydrogen-bond donors (Lipinski definition) is 2. The van der Waals surface area contributed by atoms with Crippen molar-refractivity contribution in [3.05, 3.63) is 29.8 Å². The Morgan fingerprint density at radius 3 is 2.77 bits per heavy atom. The molecule has 1 aromatic carbocycles. The molecule has 0 atom stereocenters. The molecular formula is C11H13NO. The number of anilines is 1. The van der Waals surface area contributed by atoms with E-state index in [0.717, 1.165) is 5.69 Å². The maximum absolute atomic E-state index is 8.42. The second-order valence-corrected chi connectivity index (χ2v) is 2.68. The lowest BCUT2D eigenvalue weighted by atomic mass is 10.2. The van der Waals surface area contributed by atoms with Crippen LogP contribution in [0.4, 0.5) is 5.69 Å². The lowest BCUT2D eigenvalue weighted by molar-refractivity contribution is 0.350. The molecule has 0 radical (unpaired) electrons. The third-order valence-corrected chi connectivity index (χ3v) is 1.72. The maximum atomic E-state index is 8.42. The van der Waals surface area contributed by atoms with Gasteiger partial charge in [-0.2, -0.15) is 0 Å². The van der Waals surface area contributed by atoms with Gasteiger partial charge in [-0.3, -0.25) is 0 Å². The minimum atomic E-state index is -0.0740. The van der Waals surface area contributed by atoms with Crippen molar-refractivity contribution in [3.8, 4) is 11.8 Å². The fourth-order valence-electron chi connectivity index (χ4n) is 1.03. The topological polar surface area (TPSA) is 32.3 Å². The van der Waals surface area contributed by atoms with E-state index >= 15 is 0 Å². The molecular weight excluding hydrogens is 162 g/mol. The van der Waals surface area contributed by atoms with Gasteiger partial charge in [-0.15, -0.1) is 0 Å². The van der Waals surface area contributed by atoms with E-state index in [9.17, 15) is 0 Å². The summed E-state index contributed by atoms with van der Waals surface area (Å²) in [5.41, 5.74) is 2.29. The van der Waals surface area contributed by atoms with Crippen LogP contribution in [0.25, 0.3) is 0 Å². The van der Waals surface area contributed by atoms with E-state index < -0.39 is 0 Å². The average molecular weight is 175 g/mol. The van der Waals surface area contributed by atoms with Crippen molar-refractivity contribution in [2.24, 2.45) is 0 Å². The Kier molecular flexibility index (Phi) is 3.87. The van der Waals surface area contributed by atoms with Gasteiger partial charge in [-0.25, -0.2) is 0 Å². The molecule has 0 spiro atoms. The number of aliphatic hydroxyl groups is 1. The van der Waals surface area contributed by atoms with E-state index in [1.54, 1.807) is 0 Å². The van der Waals surface area contributed by atoms with Crippen LogP contribution in [0.3, 0.4) is 0 Å². The Morgan fingerprint density at radius 2 is 2.08 bits per heavy atom. The molecule has 1 aromatic rings. The summed E-state index contributed by atoms with van der Waals surface area (Å²) in [6, 6.07) is 8.03. The van der Waals surface area contributed by atoms with Gasteiger partial charge in [0.1, 0.15) is 6.61 Å². The maximum Gasteiger partial charge on any atom is 0.104 e. The molecule has 0 bridgehead atoms. The summed E-state index contributed by atoms with van der Waals surface area (Å²) in [7, 11) is 0. The number of para-hydroxylation sites is 1. The Bertz CT molecular complexity index is 322. The smallest absolute Gasteiger partial charge is 0.104 e. The quantitative estimate of drug-likeness (QED) is 0.666. The van der Waals surface area contributed by atoms with Gasteiger partial charge in [0.25, 0.3) is 0 Å². The minimum absolute atomic E-state index is 0.0740. The highest BCUT2D eigenvalue weighted by molar-refractivity contribution is 5.50. The largest absolute Gasteiger partial charge is 0.384 e. The van der Waals surface area contributed by atoms with Crippen molar-refractivity contribution in [1.29, 1.82) is 0 Å². The Labute approximate surface area is 78.6 Å². The van der Waals surface area contributed by atoms with Gasteiger partial charge in [-0.05, 0) is 18.6 Å². The summed E-state index contributed by atoms with van der Waals surface area (Å²) < 4.78 is 0. The molecule has 0 saturated heterocycles. The lowest BCUT2D eigenvalue weighted by Gasteiger charge is -2.04. The summed E-state index contributed by atoms with van der Waals surface area (Å²) in [4.78, 5) is 0. The third-order valence-electron chi connectivity index (χ3n) is 1.72.